The lowest BCUT2D eigenvalue weighted by Gasteiger charge is -2.40. The number of aliphatic hydroxyl groups is 2. The summed E-state index contributed by atoms with van der Waals surface area (Å²) in [6.07, 6.45) is 0.610. The van der Waals surface area contributed by atoms with E-state index in [1.165, 1.54) is 0 Å². The molecule has 3 unspecified atom stereocenters. The van der Waals surface area contributed by atoms with E-state index in [-0.39, 0.29) is 19.2 Å². The Balaban J connectivity index is 1.97. The fourth-order valence-electron chi connectivity index (χ4n) is 3.57. The Morgan fingerprint density at radius 1 is 1.21 bits per heavy atom. The van der Waals surface area contributed by atoms with Crippen molar-refractivity contribution < 1.29 is 29.3 Å². The van der Waals surface area contributed by atoms with Gasteiger partial charge >= 0.3 is 6.09 Å². The summed E-state index contributed by atoms with van der Waals surface area (Å²) in [5.74, 6) is 0.392. The second kappa shape index (κ2) is 14.0. The molecule has 1 aliphatic heterocycles. The molecule has 0 aliphatic carbocycles. The molecule has 0 fully saturated rings. The lowest BCUT2D eigenvalue weighted by atomic mass is 9.99. The van der Waals surface area contributed by atoms with Gasteiger partial charge in [-0.3, -0.25) is 20.4 Å². The van der Waals surface area contributed by atoms with Gasteiger partial charge in [-0.1, -0.05) is 12.1 Å². The molecular formula is C26H43N7O6. The van der Waals surface area contributed by atoms with Crippen LogP contribution in [-0.4, -0.2) is 71.3 Å². The van der Waals surface area contributed by atoms with Crippen LogP contribution in [0.5, 0.6) is 5.75 Å². The quantitative estimate of drug-likeness (QED) is 0.112. The average molecular weight is 550 g/mol. The third-order valence-electron chi connectivity index (χ3n) is 5.61. The highest BCUT2D eigenvalue weighted by Gasteiger charge is 2.40. The predicted molar refractivity (Wildman–Crippen MR) is 147 cm³/mol. The minimum atomic E-state index is -1.19. The molecule has 13 heteroatoms. The Kier molecular flexibility index (Phi) is 11.4. The first-order valence-electron chi connectivity index (χ1n) is 12.9. The van der Waals surface area contributed by atoms with E-state index in [1.807, 2.05) is 12.1 Å². The Hall–Kier alpha value is -3.55. The van der Waals surface area contributed by atoms with Gasteiger partial charge < -0.3 is 41.8 Å². The van der Waals surface area contributed by atoms with Crippen molar-refractivity contribution in [3.8, 4) is 5.75 Å². The Bertz CT molecular complexity index is 1030. The number of rotatable bonds is 10. The highest BCUT2D eigenvalue weighted by Crippen LogP contribution is 2.15. The van der Waals surface area contributed by atoms with Gasteiger partial charge in [-0.05, 0) is 71.6 Å². The van der Waals surface area contributed by atoms with Crippen LogP contribution in [0.3, 0.4) is 0 Å². The summed E-state index contributed by atoms with van der Waals surface area (Å²) < 4.78 is 10.7. The second-order valence-electron chi connectivity index (χ2n) is 10.6. The van der Waals surface area contributed by atoms with Crippen LogP contribution in [0.15, 0.2) is 40.8 Å². The molecule has 2 amide bonds. The number of aliphatic imine (C=N–C) groups is 1. The largest absolute Gasteiger partial charge is 0.491 e. The maximum atomic E-state index is 13.1. The number of aliphatic hydroxyl groups excluding tert-OH is 2. The summed E-state index contributed by atoms with van der Waals surface area (Å²) in [4.78, 5) is 29.8. The molecule has 0 aromatic heterocycles. The van der Waals surface area contributed by atoms with E-state index >= 15 is 0 Å². The smallest absolute Gasteiger partial charge is 0.414 e. The third kappa shape index (κ3) is 11.0. The first-order valence-corrected chi connectivity index (χ1v) is 12.9. The molecule has 13 nitrogen and oxygen atoms in total. The number of hydrogen-bond acceptors (Lipinski definition) is 11. The lowest BCUT2D eigenvalue weighted by Crippen LogP contribution is -2.72. The summed E-state index contributed by atoms with van der Waals surface area (Å²) in [6.45, 7) is 8.54. The number of guanidine groups is 1. The van der Waals surface area contributed by atoms with E-state index in [2.05, 4.69) is 26.3 Å². The van der Waals surface area contributed by atoms with Crippen molar-refractivity contribution in [2.75, 3.05) is 19.8 Å². The first kappa shape index (κ1) is 31.7. The lowest BCUT2D eigenvalue weighted by molar-refractivity contribution is -0.123. The van der Waals surface area contributed by atoms with E-state index in [0.29, 0.717) is 30.2 Å². The zero-order valence-corrected chi connectivity index (χ0v) is 23.3. The minimum Gasteiger partial charge on any atom is -0.491 e. The van der Waals surface area contributed by atoms with Crippen molar-refractivity contribution in [2.45, 2.75) is 77.3 Å². The van der Waals surface area contributed by atoms with Gasteiger partial charge in [-0.15, -0.1) is 0 Å². The summed E-state index contributed by atoms with van der Waals surface area (Å²) in [5.41, 5.74) is 11.9. The number of carbonyl (C=O) groups excluding carboxylic acids is 2. The van der Waals surface area contributed by atoms with E-state index in [1.54, 1.807) is 46.8 Å². The van der Waals surface area contributed by atoms with Crippen LogP contribution in [0.25, 0.3) is 0 Å². The minimum absolute atomic E-state index is 0.0201. The standard InChI is InChI=1S/C26H43N7O6/c1-16-21(27)33-26(5,28)20(30-16)22(36)31-23(32-24(37)39-25(2,3)4)29-13-7-6-8-17-9-11-19(12-10-17)38-15-18(35)14-34/h9-12,18,20,30,33-35H,6-8,13-15,27-28H2,1-5H3,(H2,29,31,32,36,37). The number of benzene rings is 1. The zero-order valence-electron chi connectivity index (χ0n) is 23.3. The van der Waals surface area contributed by atoms with Gasteiger partial charge in [0.25, 0.3) is 5.91 Å². The van der Waals surface area contributed by atoms with Crippen molar-refractivity contribution in [2.24, 2.45) is 16.5 Å². The third-order valence-corrected chi connectivity index (χ3v) is 5.61. The highest BCUT2D eigenvalue weighted by molar-refractivity contribution is 6.05. The SMILES string of the molecule is CC1=C(N)NC(C)(N)C(C(=O)NC(=NCCCCc2ccc(OCC(O)CO)cc2)NC(=O)OC(C)(C)C)N1. The van der Waals surface area contributed by atoms with Gasteiger partial charge in [-0.25, -0.2) is 4.79 Å². The van der Waals surface area contributed by atoms with E-state index in [9.17, 15) is 14.7 Å². The number of carbonyl (C=O) groups is 2. The van der Waals surface area contributed by atoms with Crippen molar-refractivity contribution in [1.82, 2.24) is 21.3 Å². The number of nitrogens with two attached hydrogens (primary N) is 2. The molecule has 218 valence electrons. The monoisotopic (exact) mass is 549 g/mol. The summed E-state index contributed by atoms with van der Waals surface area (Å²) in [5, 5.41) is 29.3. The summed E-state index contributed by atoms with van der Waals surface area (Å²) >= 11 is 0. The number of nitrogens with zero attached hydrogens (tertiary/aromatic N) is 1. The van der Waals surface area contributed by atoms with E-state index < -0.39 is 35.4 Å². The van der Waals surface area contributed by atoms with Gasteiger partial charge in [0.1, 0.15) is 41.6 Å². The molecule has 1 heterocycles. The predicted octanol–water partition coefficient (Wildman–Crippen LogP) is 0.122. The molecule has 0 spiro atoms. The zero-order chi connectivity index (χ0) is 29.2. The molecule has 1 aromatic carbocycles. The van der Waals surface area contributed by atoms with Crippen LogP contribution in [0.2, 0.25) is 0 Å². The second-order valence-corrected chi connectivity index (χ2v) is 10.6. The first-order chi connectivity index (χ1) is 18.2. The van der Waals surface area contributed by atoms with Crippen LogP contribution in [0.4, 0.5) is 4.79 Å². The number of nitrogens with one attached hydrogen (secondary N) is 4. The molecule has 1 aliphatic rings. The van der Waals surface area contributed by atoms with Gasteiger partial charge in [0.2, 0.25) is 5.96 Å². The van der Waals surface area contributed by atoms with Gasteiger partial charge in [0, 0.05) is 12.2 Å². The van der Waals surface area contributed by atoms with Gasteiger partial charge in [-0.2, -0.15) is 0 Å². The van der Waals surface area contributed by atoms with Crippen molar-refractivity contribution in [1.29, 1.82) is 0 Å². The van der Waals surface area contributed by atoms with Crippen molar-refractivity contribution in [3.05, 3.63) is 41.3 Å². The topological polar surface area (TPSA) is 206 Å². The molecule has 2 rings (SSSR count). The molecule has 0 bridgehead atoms. The van der Waals surface area contributed by atoms with Crippen molar-refractivity contribution >= 4 is 18.0 Å². The molecule has 0 saturated carbocycles. The van der Waals surface area contributed by atoms with E-state index in [0.717, 1.165) is 18.4 Å². The maximum absolute atomic E-state index is 13.1. The van der Waals surface area contributed by atoms with Crippen LogP contribution < -0.4 is 37.5 Å². The van der Waals surface area contributed by atoms with Crippen LogP contribution in [0.1, 0.15) is 53.0 Å². The number of aryl methyl sites for hydroxylation is 1. The average Bonchev–Trinajstić information content (AvgIpc) is 2.83. The number of unbranched alkanes of at least 4 members (excludes halogenated alkanes) is 1. The Labute approximate surface area is 229 Å². The van der Waals surface area contributed by atoms with Crippen LogP contribution >= 0.6 is 0 Å². The van der Waals surface area contributed by atoms with Crippen LogP contribution in [0, 0.1) is 0 Å². The fourth-order valence-corrected chi connectivity index (χ4v) is 3.57. The highest BCUT2D eigenvalue weighted by atomic mass is 16.6. The number of amides is 2. The molecule has 1 aromatic rings. The normalized spacial score (nSPS) is 20.4. The van der Waals surface area contributed by atoms with Crippen molar-refractivity contribution in [3.63, 3.8) is 0 Å². The molecule has 0 saturated heterocycles. The number of allylic oxidation sites excluding steroid dienone is 1. The van der Waals surface area contributed by atoms with Gasteiger partial charge in [0.15, 0.2) is 0 Å². The molecule has 10 N–H and O–H groups in total. The van der Waals surface area contributed by atoms with Gasteiger partial charge in [0.05, 0.1) is 6.61 Å². The fraction of sp³-hybridized carbons (Fsp3) is 0.577. The molecule has 0 radical (unpaired) electrons. The molecular weight excluding hydrogens is 506 g/mol. The number of hydrogen-bond donors (Lipinski definition) is 8. The van der Waals surface area contributed by atoms with Crippen LogP contribution in [-0.2, 0) is 16.0 Å². The summed E-state index contributed by atoms with van der Waals surface area (Å²) in [7, 11) is 0. The summed E-state index contributed by atoms with van der Waals surface area (Å²) in [6, 6.07) is 6.57. The maximum Gasteiger partial charge on any atom is 0.414 e. The molecule has 3 atom stereocenters. The Morgan fingerprint density at radius 3 is 2.49 bits per heavy atom. The molecule has 39 heavy (non-hydrogen) atoms. The van der Waals surface area contributed by atoms with E-state index in [4.69, 9.17) is 26.0 Å². The Morgan fingerprint density at radius 2 is 1.87 bits per heavy atom. The number of alkyl carbamates (subject to hydrolysis) is 1. The number of ether oxygens (including phenoxy) is 2.